The van der Waals surface area contributed by atoms with E-state index in [1.165, 1.54) is 0 Å². The highest BCUT2D eigenvalue weighted by atomic mass is 16.5. The predicted octanol–water partition coefficient (Wildman–Crippen LogP) is 1.86. The minimum Gasteiger partial charge on any atom is -0.497 e. The molecule has 0 saturated carbocycles. The highest BCUT2D eigenvalue weighted by Gasteiger charge is 2.09. The molecule has 3 N–H and O–H groups in total. The van der Waals surface area contributed by atoms with Crippen LogP contribution in [0.25, 0.3) is 0 Å². The summed E-state index contributed by atoms with van der Waals surface area (Å²) in [5.74, 6) is 2.39. The number of aliphatic imine (C=N–C) groups is 1. The third kappa shape index (κ3) is 6.25. The average Bonchev–Trinajstić information content (AvgIpc) is 3.15. The summed E-state index contributed by atoms with van der Waals surface area (Å²) in [6, 6.07) is 10.7. The number of nitrogens with one attached hydrogen (secondary N) is 1. The van der Waals surface area contributed by atoms with Gasteiger partial charge in [0.2, 0.25) is 0 Å². The number of likely N-dealkylation sites (N-methyl/N-ethyl adjacent to an activating group) is 1. The van der Waals surface area contributed by atoms with Crippen molar-refractivity contribution in [2.24, 2.45) is 10.7 Å². The van der Waals surface area contributed by atoms with Gasteiger partial charge in [0.25, 0.3) is 5.91 Å². The molecule has 2 aromatic rings. The fourth-order valence-electron chi connectivity index (χ4n) is 2.30. The van der Waals surface area contributed by atoms with E-state index in [9.17, 15) is 4.79 Å². The summed E-state index contributed by atoms with van der Waals surface area (Å²) >= 11 is 0. The first-order chi connectivity index (χ1) is 13.0. The second-order valence-electron chi connectivity index (χ2n) is 5.75. The van der Waals surface area contributed by atoms with Crippen molar-refractivity contribution in [2.45, 2.75) is 13.5 Å². The number of nitrogens with zero attached hydrogens (tertiary/aromatic N) is 2. The smallest absolute Gasteiger partial charge is 0.284 e. The number of benzene rings is 1. The van der Waals surface area contributed by atoms with Crippen LogP contribution in [-0.4, -0.2) is 50.6 Å². The minimum absolute atomic E-state index is 0.131. The molecule has 1 heterocycles. The average molecular weight is 374 g/mol. The van der Waals surface area contributed by atoms with E-state index in [2.05, 4.69) is 10.3 Å². The van der Waals surface area contributed by atoms with Crippen molar-refractivity contribution in [1.29, 1.82) is 0 Å². The molecular formula is C19H26N4O4. The second kappa shape index (κ2) is 10.1. The maximum atomic E-state index is 11.1. The predicted molar refractivity (Wildman–Crippen MR) is 103 cm³/mol. The molecule has 0 spiro atoms. The number of nitrogens with two attached hydrogens (primary N) is 1. The van der Waals surface area contributed by atoms with Crippen LogP contribution in [0.15, 0.2) is 45.8 Å². The Balaban J connectivity index is 1.88. The maximum absolute atomic E-state index is 11.1. The standard InChI is InChI=1S/C19H26N4O4/c1-4-21-19(22-13-16-9-10-17(27-16)18(20)24)23(2)11-12-26-15-7-5-14(25-3)6-8-15/h5-10H,4,11-13H2,1-3H3,(H2,20,24)(H,21,22). The quantitative estimate of drug-likeness (QED) is 0.513. The van der Waals surface area contributed by atoms with Crippen molar-refractivity contribution >= 4 is 11.9 Å². The maximum Gasteiger partial charge on any atom is 0.284 e. The van der Waals surface area contributed by atoms with Gasteiger partial charge in [-0.05, 0) is 43.3 Å². The first kappa shape index (κ1) is 20.2. The lowest BCUT2D eigenvalue weighted by atomic mass is 10.3. The van der Waals surface area contributed by atoms with Crippen LogP contribution in [0.1, 0.15) is 23.2 Å². The molecule has 0 aliphatic rings. The molecule has 1 aromatic carbocycles. The van der Waals surface area contributed by atoms with Gasteiger partial charge >= 0.3 is 0 Å². The summed E-state index contributed by atoms with van der Waals surface area (Å²) in [7, 11) is 3.56. The molecule has 1 amide bonds. The van der Waals surface area contributed by atoms with Gasteiger partial charge in [-0.25, -0.2) is 4.99 Å². The van der Waals surface area contributed by atoms with Crippen LogP contribution >= 0.6 is 0 Å². The number of guanidine groups is 1. The largest absolute Gasteiger partial charge is 0.497 e. The van der Waals surface area contributed by atoms with Crippen LogP contribution in [-0.2, 0) is 6.54 Å². The van der Waals surface area contributed by atoms with Gasteiger partial charge in [0.15, 0.2) is 11.7 Å². The first-order valence-corrected chi connectivity index (χ1v) is 8.68. The molecule has 0 bridgehead atoms. The normalized spacial score (nSPS) is 11.1. The Morgan fingerprint density at radius 1 is 1.22 bits per heavy atom. The second-order valence-corrected chi connectivity index (χ2v) is 5.75. The van der Waals surface area contributed by atoms with E-state index < -0.39 is 5.91 Å². The zero-order chi connectivity index (χ0) is 19.6. The number of methoxy groups -OCH3 is 1. The Morgan fingerprint density at radius 3 is 2.52 bits per heavy atom. The minimum atomic E-state index is -0.593. The van der Waals surface area contributed by atoms with E-state index in [4.69, 9.17) is 19.6 Å². The Kier molecular flexibility index (Phi) is 7.54. The van der Waals surface area contributed by atoms with Crippen LogP contribution in [0.2, 0.25) is 0 Å². The number of furan rings is 1. The van der Waals surface area contributed by atoms with E-state index in [0.717, 1.165) is 18.0 Å². The SMILES string of the molecule is CCNC(=NCc1ccc(C(N)=O)o1)N(C)CCOc1ccc(OC)cc1. The van der Waals surface area contributed by atoms with Crippen molar-refractivity contribution in [1.82, 2.24) is 10.2 Å². The van der Waals surface area contributed by atoms with E-state index in [1.807, 2.05) is 43.1 Å². The number of hydrogen-bond acceptors (Lipinski definition) is 5. The lowest BCUT2D eigenvalue weighted by molar-refractivity contribution is 0.0972. The monoisotopic (exact) mass is 374 g/mol. The van der Waals surface area contributed by atoms with Gasteiger partial charge in [-0.2, -0.15) is 0 Å². The van der Waals surface area contributed by atoms with Crippen LogP contribution < -0.4 is 20.5 Å². The number of rotatable bonds is 9. The fraction of sp³-hybridized carbons (Fsp3) is 0.368. The number of primary amides is 1. The van der Waals surface area contributed by atoms with Crippen molar-refractivity contribution in [3.05, 3.63) is 47.9 Å². The molecule has 2 rings (SSSR count). The third-order valence-corrected chi connectivity index (χ3v) is 3.74. The molecule has 146 valence electrons. The van der Waals surface area contributed by atoms with E-state index in [-0.39, 0.29) is 5.76 Å². The van der Waals surface area contributed by atoms with Gasteiger partial charge < -0.3 is 29.8 Å². The summed E-state index contributed by atoms with van der Waals surface area (Å²) in [5, 5.41) is 3.22. The molecule has 0 aliphatic heterocycles. The molecule has 1 aromatic heterocycles. The zero-order valence-electron chi connectivity index (χ0n) is 15.9. The van der Waals surface area contributed by atoms with Crippen molar-refractivity contribution in [3.8, 4) is 11.5 Å². The molecule has 0 unspecified atom stereocenters. The van der Waals surface area contributed by atoms with Gasteiger partial charge in [-0.15, -0.1) is 0 Å². The number of carbonyl (C=O) groups excluding carboxylic acids is 1. The number of ether oxygens (including phenoxy) is 2. The van der Waals surface area contributed by atoms with Gasteiger partial charge in [-0.1, -0.05) is 0 Å². The molecule has 0 saturated heterocycles. The van der Waals surface area contributed by atoms with Crippen LogP contribution in [0, 0.1) is 0 Å². The Morgan fingerprint density at radius 2 is 1.93 bits per heavy atom. The van der Waals surface area contributed by atoms with Gasteiger partial charge in [0.1, 0.15) is 30.4 Å². The topological polar surface area (TPSA) is 102 Å². The molecule has 0 atom stereocenters. The summed E-state index contributed by atoms with van der Waals surface area (Å²) in [6.07, 6.45) is 0. The Bertz CT molecular complexity index is 755. The highest BCUT2D eigenvalue weighted by molar-refractivity contribution is 5.89. The van der Waals surface area contributed by atoms with E-state index >= 15 is 0 Å². The van der Waals surface area contributed by atoms with E-state index in [0.29, 0.717) is 31.4 Å². The fourth-order valence-corrected chi connectivity index (χ4v) is 2.30. The molecule has 0 radical (unpaired) electrons. The van der Waals surface area contributed by atoms with Gasteiger partial charge in [0.05, 0.1) is 13.7 Å². The zero-order valence-corrected chi connectivity index (χ0v) is 15.9. The van der Waals surface area contributed by atoms with Gasteiger partial charge in [-0.3, -0.25) is 4.79 Å². The summed E-state index contributed by atoms with van der Waals surface area (Å²) in [4.78, 5) is 17.6. The van der Waals surface area contributed by atoms with E-state index in [1.54, 1.807) is 19.2 Å². The molecule has 27 heavy (non-hydrogen) atoms. The highest BCUT2D eigenvalue weighted by Crippen LogP contribution is 2.16. The molecule has 8 heteroatoms. The summed E-state index contributed by atoms with van der Waals surface area (Å²) < 4.78 is 16.2. The molecular weight excluding hydrogens is 348 g/mol. The van der Waals surface area contributed by atoms with Crippen molar-refractivity contribution in [3.63, 3.8) is 0 Å². The Labute approximate surface area is 159 Å². The van der Waals surface area contributed by atoms with Gasteiger partial charge in [0, 0.05) is 13.6 Å². The molecule has 8 nitrogen and oxygen atoms in total. The molecule has 0 aliphatic carbocycles. The number of amides is 1. The summed E-state index contributed by atoms with van der Waals surface area (Å²) in [6.45, 7) is 4.17. The Hall–Kier alpha value is -3.16. The van der Waals surface area contributed by atoms with Crippen molar-refractivity contribution < 1.29 is 18.7 Å². The number of carbonyl (C=O) groups is 1. The third-order valence-electron chi connectivity index (χ3n) is 3.74. The number of hydrogen-bond donors (Lipinski definition) is 2. The van der Waals surface area contributed by atoms with Crippen molar-refractivity contribution in [2.75, 3.05) is 33.9 Å². The van der Waals surface area contributed by atoms with Crippen LogP contribution in [0.5, 0.6) is 11.5 Å². The molecule has 0 fully saturated rings. The first-order valence-electron chi connectivity index (χ1n) is 8.68. The lowest BCUT2D eigenvalue weighted by Crippen LogP contribution is -2.40. The lowest BCUT2D eigenvalue weighted by Gasteiger charge is -2.22. The summed E-state index contributed by atoms with van der Waals surface area (Å²) in [5.41, 5.74) is 5.19. The van der Waals surface area contributed by atoms with Crippen LogP contribution in [0.4, 0.5) is 0 Å². The van der Waals surface area contributed by atoms with Crippen LogP contribution in [0.3, 0.4) is 0 Å².